The number of carbonyl (C=O) groups is 3. The first-order valence-electron chi connectivity index (χ1n) is 13.8. The van der Waals surface area contributed by atoms with Crippen molar-refractivity contribution in [3.8, 4) is 0 Å². The quantitative estimate of drug-likeness (QED) is 0.221. The van der Waals surface area contributed by atoms with E-state index in [1.165, 1.54) is 12.1 Å². The number of ether oxygens (including phenoxy) is 1. The number of nitrogens with one attached hydrogen (secondary N) is 4. The van der Waals surface area contributed by atoms with Crippen molar-refractivity contribution in [3.05, 3.63) is 60.2 Å². The number of carboxylic acids is 1. The van der Waals surface area contributed by atoms with Crippen molar-refractivity contribution >= 4 is 39.5 Å². The van der Waals surface area contributed by atoms with Gasteiger partial charge < -0.3 is 31.1 Å². The standard InChI is InChI=1S/C28H36N6O7S/c1-19-25(34(18-41-19)42(39,40)22-7-3-2-4-8-22)26(36)33-23(27(37)38)17-20-10-12-21(13-11-20)32-24(35)9-5-14-29-28-30-15-6-16-31-28/h2-4,7-8,10-13,19,23,25H,5-6,9,14-18H2,1H3,(H,32,35)(H,33,36)(H,37,38)(H2,29,30,31)/t19?,23-,25-/m0/s1. The lowest BCUT2D eigenvalue weighted by Crippen LogP contribution is -2.54. The van der Waals surface area contributed by atoms with Crippen molar-refractivity contribution in [2.45, 2.75) is 55.7 Å². The number of benzene rings is 2. The smallest absolute Gasteiger partial charge is 0.326 e. The van der Waals surface area contributed by atoms with Gasteiger partial charge in [0.05, 0.1) is 11.0 Å². The van der Waals surface area contributed by atoms with Crippen molar-refractivity contribution in [1.82, 2.24) is 20.3 Å². The van der Waals surface area contributed by atoms with Crippen LogP contribution in [0.3, 0.4) is 0 Å². The maximum absolute atomic E-state index is 13.2. The van der Waals surface area contributed by atoms with E-state index in [0.29, 0.717) is 30.6 Å². The maximum Gasteiger partial charge on any atom is 0.326 e. The van der Waals surface area contributed by atoms with Gasteiger partial charge in [-0.3, -0.25) is 14.6 Å². The summed E-state index contributed by atoms with van der Waals surface area (Å²) in [5.41, 5.74) is 1.17. The molecule has 0 radical (unpaired) electrons. The Bertz CT molecular complexity index is 1390. The summed E-state index contributed by atoms with van der Waals surface area (Å²) in [5.74, 6) is -1.43. The molecule has 0 saturated carbocycles. The van der Waals surface area contributed by atoms with Crippen molar-refractivity contribution in [1.29, 1.82) is 0 Å². The molecule has 5 N–H and O–H groups in total. The molecule has 13 nitrogen and oxygen atoms in total. The van der Waals surface area contributed by atoms with Crippen LogP contribution in [-0.2, 0) is 35.6 Å². The van der Waals surface area contributed by atoms with Gasteiger partial charge >= 0.3 is 5.97 Å². The van der Waals surface area contributed by atoms with E-state index in [9.17, 15) is 27.9 Å². The molecule has 14 heteroatoms. The first-order valence-corrected chi connectivity index (χ1v) is 15.2. The molecule has 0 bridgehead atoms. The number of hydrogen-bond donors (Lipinski definition) is 5. The molecule has 2 aromatic carbocycles. The van der Waals surface area contributed by atoms with Gasteiger partial charge in [0.15, 0.2) is 5.96 Å². The molecule has 0 aliphatic carbocycles. The molecule has 0 spiro atoms. The Morgan fingerprint density at radius 2 is 1.88 bits per heavy atom. The Labute approximate surface area is 244 Å². The summed E-state index contributed by atoms with van der Waals surface area (Å²) < 4.78 is 32.7. The highest BCUT2D eigenvalue weighted by Crippen LogP contribution is 2.26. The third kappa shape index (κ3) is 8.05. The number of guanidine groups is 1. The fourth-order valence-corrected chi connectivity index (χ4v) is 6.17. The number of carbonyl (C=O) groups excluding carboxylic acids is 2. The van der Waals surface area contributed by atoms with Crippen LogP contribution >= 0.6 is 0 Å². The second-order valence-electron chi connectivity index (χ2n) is 10.0. The number of carboxylic acid groups (broad SMARTS) is 1. The number of aliphatic carboxylic acids is 1. The van der Waals surface area contributed by atoms with Crippen molar-refractivity contribution < 1.29 is 32.6 Å². The molecule has 3 atom stereocenters. The van der Waals surface area contributed by atoms with Gasteiger partial charge in [-0.05, 0) is 49.6 Å². The van der Waals surface area contributed by atoms with Gasteiger partial charge in [0, 0.05) is 38.2 Å². The first kappa shape index (κ1) is 30.9. The summed E-state index contributed by atoms with van der Waals surface area (Å²) >= 11 is 0. The lowest BCUT2D eigenvalue weighted by atomic mass is 10.0. The van der Waals surface area contributed by atoms with E-state index >= 15 is 0 Å². The summed E-state index contributed by atoms with van der Waals surface area (Å²) in [6, 6.07) is 11.8. The Hall–Kier alpha value is -4.01. The highest BCUT2D eigenvalue weighted by atomic mass is 32.2. The van der Waals surface area contributed by atoms with E-state index in [1.807, 2.05) is 0 Å². The van der Waals surface area contributed by atoms with Crippen LogP contribution in [0.15, 0.2) is 64.5 Å². The maximum atomic E-state index is 13.2. The zero-order valence-electron chi connectivity index (χ0n) is 23.3. The Balaban J connectivity index is 1.30. The molecular formula is C28H36N6O7S. The zero-order valence-corrected chi connectivity index (χ0v) is 24.1. The van der Waals surface area contributed by atoms with E-state index in [1.54, 1.807) is 49.4 Å². The number of anilines is 1. The predicted octanol–water partition coefficient (Wildman–Crippen LogP) is 0.892. The van der Waals surface area contributed by atoms with Crippen molar-refractivity contribution in [2.24, 2.45) is 4.99 Å². The molecule has 4 rings (SSSR count). The average molecular weight is 601 g/mol. The Kier molecular flexibility index (Phi) is 10.5. The zero-order chi connectivity index (χ0) is 30.1. The molecule has 1 fully saturated rings. The molecule has 0 aromatic heterocycles. The van der Waals surface area contributed by atoms with Crippen LogP contribution in [-0.4, -0.2) is 86.1 Å². The van der Waals surface area contributed by atoms with Crippen LogP contribution in [0.25, 0.3) is 0 Å². The minimum absolute atomic E-state index is 0.00540. The topological polar surface area (TPSA) is 179 Å². The molecule has 2 aliphatic rings. The molecule has 2 amide bonds. The molecule has 1 unspecified atom stereocenters. The highest BCUT2D eigenvalue weighted by molar-refractivity contribution is 7.89. The van der Waals surface area contributed by atoms with Crippen molar-refractivity contribution in [2.75, 3.05) is 31.7 Å². The third-order valence-corrected chi connectivity index (χ3v) is 8.72. The van der Waals surface area contributed by atoms with E-state index in [4.69, 9.17) is 4.74 Å². The summed E-state index contributed by atoms with van der Waals surface area (Å²) in [5, 5.41) is 21.4. The van der Waals surface area contributed by atoms with Crippen molar-refractivity contribution in [3.63, 3.8) is 0 Å². The van der Waals surface area contributed by atoms with Gasteiger partial charge in [-0.15, -0.1) is 0 Å². The van der Waals surface area contributed by atoms with Gasteiger partial charge in [0.1, 0.15) is 18.8 Å². The van der Waals surface area contributed by atoms with E-state index < -0.39 is 40.1 Å². The normalized spacial score (nSPS) is 19.7. The van der Waals surface area contributed by atoms with Gasteiger partial charge in [-0.1, -0.05) is 30.3 Å². The molecule has 42 heavy (non-hydrogen) atoms. The van der Waals surface area contributed by atoms with Gasteiger partial charge in [0.2, 0.25) is 21.8 Å². The minimum atomic E-state index is -4.05. The Morgan fingerprint density at radius 1 is 1.14 bits per heavy atom. The molecule has 226 valence electrons. The highest BCUT2D eigenvalue weighted by Gasteiger charge is 2.45. The van der Waals surface area contributed by atoms with Crippen LogP contribution < -0.4 is 21.3 Å². The number of nitrogens with zero attached hydrogens (tertiary/aromatic N) is 2. The molecule has 2 aromatic rings. The largest absolute Gasteiger partial charge is 0.480 e. The number of rotatable bonds is 12. The summed E-state index contributed by atoms with van der Waals surface area (Å²) in [7, 11) is -4.05. The fraction of sp³-hybridized carbons (Fsp3) is 0.429. The molecular weight excluding hydrogens is 564 g/mol. The van der Waals surface area contributed by atoms with Crippen LogP contribution in [0.5, 0.6) is 0 Å². The SMILES string of the molecule is CC1OCN(S(=O)(=O)c2ccccc2)[C@@H]1C(=O)N[C@@H](Cc1ccc(NC(=O)CCCNC2=NCCCN2)cc1)C(=O)O. The predicted molar refractivity (Wildman–Crippen MR) is 155 cm³/mol. The molecule has 2 heterocycles. The lowest BCUT2D eigenvalue weighted by molar-refractivity contribution is -0.142. The average Bonchev–Trinajstić information content (AvgIpc) is 3.39. The van der Waals surface area contributed by atoms with Crippen LogP contribution in [0, 0.1) is 0 Å². The summed E-state index contributed by atoms with van der Waals surface area (Å²) in [6.07, 6.45) is 1.11. The fourth-order valence-electron chi connectivity index (χ4n) is 4.63. The molecule has 2 aliphatic heterocycles. The number of amides is 2. The minimum Gasteiger partial charge on any atom is -0.480 e. The van der Waals surface area contributed by atoms with Crippen LogP contribution in [0.4, 0.5) is 5.69 Å². The Morgan fingerprint density at radius 3 is 2.55 bits per heavy atom. The number of aliphatic imine (C=N–C) groups is 1. The van der Waals surface area contributed by atoms with E-state index in [2.05, 4.69) is 26.3 Å². The second-order valence-corrected chi connectivity index (χ2v) is 11.9. The van der Waals surface area contributed by atoms with Gasteiger partial charge in [-0.25, -0.2) is 13.2 Å². The van der Waals surface area contributed by atoms with Gasteiger partial charge in [0.25, 0.3) is 0 Å². The summed E-state index contributed by atoms with van der Waals surface area (Å²) in [6.45, 7) is 3.52. The van der Waals surface area contributed by atoms with Crippen LogP contribution in [0.2, 0.25) is 0 Å². The number of hydrogen-bond acceptors (Lipinski definition) is 9. The van der Waals surface area contributed by atoms with Crippen LogP contribution in [0.1, 0.15) is 31.7 Å². The van der Waals surface area contributed by atoms with E-state index in [-0.39, 0.29) is 24.0 Å². The van der Waals surface area contributed by atoms with E-state index in [0.717, 1.165) is 29.8 Å². The monoisotopic (exact) mass is 600 g/mol. The second kappa shape index (κ2) is 14.2. The third-order valence-electron chi connectivity index (χ3n) is 6.90. The molecule has 1 saturated heterocycles. The number of sulfonamides is 1. The lowest BCUT2D eigenvalue weighted by Gasteiger charge is -2.25. The van der Waals surface area contributed by atoms with Gasteiger partial charge in [-0.2, -0.15) is 4.31 Å². The first-order chi connectivity index (χ1) is 20.1. The summed E-state index contributed by atoms with van der Waals surface area (Å²) in [4.78, 5) is 41.9.